The van der Waals surface area contributed by atoms with Gasteiger partial charge < -0.3 is 4.90 Å². The van der Waals surface area contributed by atoms with E-state index in [2.05, 4.69) is 4.98 Å². The monoisotopic (exact) mass is 448 g/mol. The zero-order valence-electron chi connectivity index (χ0n) is 16.5. The van der Waals surface area contributed by atoms with Crippen molar-refractivity contribution >= 4 is 32.3 Å². The van der Waals surface area contributed by atoms with E-state index in [9.17, 15) is 27.3 Å². The maximum Gasteiger partial charge on any atom is 0.270 e. The van der Waals surface area contributed by atoms with Gasteiger partial charge in [-0.1, -0.05) is 6.07 Å². The molecule has 0 saturated carbocycles. The Kier molecular flexibility index (Phi) is 5.31. The first-order chi connectivity index (χ1) is 14.7. The predicted octanol–water partition coefficient (Wildman–Crippen LogP) is 3.24. The Morgan fingerprint density at radius 1 is 1.03 bits per heavy atom. The van der Waals surface area contributed by atoms with Crippen LogP contribution in [0.15, 0.2) is 47.4 Å². The number of non-ortho nitro benzene ring substituents is 1. The van der Waals surface area contributed by atoms with Gasteiger partial charge in [0.2, 0.25) is 10.0 Å². The predicted molar refractivity (Wildman–Crippen MR) is 110 cm³/mol. The van der Waals surface area contributed by atoms with E-state index in [1.165, 1.54) is 12.1 Å². The number of piperazine rings is 1. The molecule has 1 saturated heterocycles. The Balaban J connectivity index is 1.64. The first-order valence-electron chi connectivity index (χ1n) is 9.43. The maximum absolute atomic E-state index is 14.0. The second kappa shape index (κ2) is 7.82. The lowest BCUT2D eigenvalue weighted by Crippen LogP contribution is -2.49. The third-order valence-electron chi connectivity index (χ3n) is 5.21. The molecule has 0 radical (unpaired) electrons. The summed E-state index contributed by atoms with van der Waals surface area (Å²) in [5.41, 5.74) is 1.92. The van der Waals surface area contributed by atoms with Gasteiger partial charge in [0.05, 0.1) is 10.4 Å². The van der Waals surface area contributed by atoms with Crippen molar-refractivity contribution in [2.24, 2.45) is 0 Å². The van der Waals surface area contributed by atoms with Gasteiger partial charge in [-0.3, -0.25) is 15.1 Å². The van der Waals surface area contributed by atoms with Crippen molar-refractivity contribution in [3.8, 4) is 0 Å². The molecule has 4 rings (SSSR count). The molecule has 0 atom stereocenters. The second-order valence-corrected chi connectivity index (χ2v) is 9.06. The fourth-order valence-electron chi connectivity index (χ4n) is 3.73. The number of anilines is 1. The van der Waals surface area contributed by atoms with Gasteiger partial charge in [-0.2, -0.15) is 4.31 Å². The molecule has 31 heavy (non-hydrogen) atoms. The zero-order valence-corrected chi connectivity index (χ0v) is 17.3. The van der Waals surface area contributed by atoms with Gasteiger partial charge in [0.1, 0.15) is 11.6 Å². The summed E-state index contributed by atoms with van der Waals surface area (Å²) in [6.07, 6.45) is 0. The number of fused-ring (bicyclic) bond motifs is 1. The largest absolute Gasteiger partial charge is 0.368 e. The van der Waals surface area contributed by atoms with Crippen LogP contribution in [-0.4, -0.2) is 48.8 Å². The molecule has 0 amide bonds. The van der Waals surface area contributed by atoms with Gasteiger partial charge in [0.15, 0.2) is 4.90 Å². The fourth-order valence-corrected chi connectivity index (χ4v) is 5.26. The average Bonchev–Trinajstić information content (AvgIpc) is 2.72. The van der Waals surface area contributed by atoms with Crippen LogP contribution in [0.25, 0.3) is 10.9 Å². The molecule has 0 spiro atoms. The molecule has 1 aromatic heterocycles. The lowest BCUT2D eigenvalue weighted by atomic mass is 10.1. The van der Waals surface area contributed by atoms with Crippen molar-refractivity contribution < 1.29 is 22.1 Å². The van der Waals surface area contributed by atoms with E-state index in [1.807, 2.05) is 4.90 Å². The molecule has 2 aromatic carbocycles. The van der Waals surface area contributed by atoms with Crippen LogP contribution in [-0.2, 0) is 10.0 Å². The minimum atomic E-state index is -4.34. The summed E-state index contributed by atoms with van der Waals surface area (Å²) in [4.78, 5) is 16.0. The molecule has 1 fully saturated rings. The molecule has 11 heteroatoms. The Hall–Kier alpha value is -3.18. The molecule has 2 heterocycles. The van der Waals surface area contributed by atoms with Crippen molar-refractivity contribution in [1.29, 1.82) is 0 Å². The van der Waals surface area contributed by atoms with Crippen LogP contribution >= 0.6 is 0 Å². The lowest BCUT2D eigenvalue weighted by molar-refractivity contribution is -0.384. The number of rotatable bonds is 4. The van der Waals surface area contributed by atoms with Gasteiger partial charge in [-0.15, -0.1) is 0 Å². The first kappa shape index (κ1) is 21.1. The smallest absolute Gasteiger partial charge is 0.270 e. The van der Waals surface area contributed by atoms with Gasteiger partial charge in [0, 0.05) is 55.1 Å². The van der Waals surface area contributed by atoms with E-state index < -0.39 is 31.5 Å². The van der Waals surface area contributed by atoms with E-state index in [-0.39, 0.29) is 31.9 Å². The van der Waals surface area contributed by atoms with Crippen LogP contribution in [0, 0.1) is 28.7 Å². The molecule has 0 bridgehead atoms. The van der Waals surface area contributed by atoms with Crippen molar-refractivity contribution in [2.45, 2.75) is 11.8 Å². The van der Waals surface area contributed by atoms with Crippen molar-refractivity contribution in [3.63, 3.8) is 0 Å². The molecule has 0 aliphatic carbocycles. The highest BCUT2D eigenvalue weighted by Crippen LogP contribution is 2.31. The summed E-state index contributed by atoms with van der Waals surface area (Å²) in [6.45, 7) is 2.31. The Morgan fingerprint density at radius 2 is 1.68 bits per heavy atom. The molecule has 1 aliphatic heterocycles. The molecular formula is C20H18F2N4O4S. The first-order valence-corrected chi connectivity index (χ1v) is 10.9. The summed E-state index contributed by atoms with van der Waals surface area (Å²) in [7, 11) is -4.34. The number of halogens is 2. The van der Waals surface area contributed by atoms with Crippen LogP contribution < -0.4 is 4.90 Å². The van der Waals surface area contributed by atoms with Gasteiger partial charge in [0.25, 0.3) is 5.69 Å². The SMILES string of the molecule is Cc1cc(N2CCN(S(=O)(=O)c3c(F)cccc3F)CC2)c2cc([N+](=O)[O-])ccc2n1. The van der Waals surface area contributed by atoms with Crippen molar-refractivity contribution in [1.82, 2.24) is 9.29 Å². The maximum atomic E-state index is 14.0. The molecule has 3 aromatic rings. The van der Waals surface area contributed by atoms with Crippen molar-refractivity contribution in [2.75, 3.05) is 31.1 Å². The average molecular weight is 448 g/mol. The standard InChI is InChI=1S/C20H18F2N4O4S/c1-13-11-19(15-12-14(26(27)28)5-6-18(15)23-13)24-7-9-25(10-8-24)31(29,30)20-16(21)3-2-4-17(20)22/h2-6,11-12H,7-10H2,1H3. The van der Waals surface area contributed by atoms with E-state index in [4.69, 9.17) is 0 Å². The number of nitro groups is 1. The third kappa shape index (κ3) is 3.81. The van der Waals surface area contributed by atoms with Crippen molar-refractivity contribution in [3.05, 3.63) is 69.9 Å². The minimum absolute atomic E-state index is 0.00784. The van der Waals surface area contributed by atoms with Crippen LogP contribution in [0.1, 0.15) is 5.69 Å². The number of aromatic nitrogens is 1. The molecule has 8 nitrogen and oxygen atoms in total. The Labute approximate surface area is 176 Å². The van der Waals surface area contributed by atoms with E-state index in [1.54, 1.807) is 19.1 Å². The number of aryl methyl sites for hydroxylation is 1. The molecule has 162 valence electrons. The van der Waals surface area contributed by atoms with Crippen LogP contribution in [0.5, 0.6) is 0 Å². The lowest BCUT2D eigenvalue weighted by Gasteiger charge is -2.36. The van der Waals surface area contributed by atoms with E-state index in [0.29, 0.717) is 22.3 Å². The highest BCUT2D eigenvalue weighted by Gasteiger charge is 2.33. The topological polar surface area (TPSA) is 96.7 Å². The summed E-state index contributed by atoms with van der Waals surface area (Å²) in [6, 6.07) is 9.10. The number of nitro benzene ring substituents is 1. The normalized spacial score (nSPS) is 15.4. The quantitative estimate of drug-likeness (QED) is 0.449. The van der Waals surface area contributed by atoms with E-state index >= 15 is 0 Å². The highest BCUT2D eigenvalue weighted by atomic mass is 32.2. The second-order valence-electron chi connectivity index (χ2n) is 7.18. The number of nitrogens with zero attached hydrogens (tertiary/aromatic N) is 4. The number of hydrogen-bond acceptors (Lipinski definition) is 6. The number of sulfonamides is 1. The number of pyridine rings is 1. The minimum Gasteiger partial charge on any atom is -0.368 e. The summed E-state index contributed by atoms with van der Waals surface area (Å²) in [5, 5.41) is 11.8. The number of benzene rings is 2. The summed E-state index contributed by atoms with van der Waals surface area (Å²) < 4.78 is 54.7. The van der Waals surface area contributed by atoms with Gasteiger partial charge in [-0.25, -0.2) is 17.2 Å². The van der Waals surface area contributed by atoms with Crippen LogP contribution in [0.4, 0.5) is 20.2 Å². The molecular weight excluding hydrogens is 430 g/mol. The van der Waals surface area contributed by atoms with Gasteiger partial charge >= 0.3 is 0 Å². The van der Waals surface area contributed by atoms with Crippen LogP contribution in [0.2, 0.25) is 0 Å². The Bertz CT molecular complexity index is 1270. The number of hydrogen-bond donors (Lipinski definition) is 0. The Morgan fingerprint density at radius 3 is 2.29 bits per heavy atom. The van der Waals surface area contributed by atoms with E-state index in [0.717, 1.165) is 22.5 Å². The van der Waals surface area contributed by atoms with Crippen LogP contribution in [0.3, 0.4) is 0 Å². The fraction of sp³-hybridized carbons (Fsp3) is 0.250. The summed E-state index contributed by atoms with van der Waals surface area (Å²) in [5.74, 6) is -2.27. The molecule has 0 N–H and O–H groups in total. The third-order valence-corrected chi connectivity index (χ3v) is 7.16. The van der Waals surface area contributed by atoms with Gasteiger partial charge in [-0.05, 0) is 31.2 Å². The zero-order chi connectivity index (χ0) is 22.3. The highest BCUT2D eigenvalue weighted by molar-refractivity contribution is 7.89. The molecule has 0 unspecified atom stereocenters. The summed E-state index contributed by atoms with van der Waals surface area (Å²) >= 11 is 0. The molecule has 1 aliphatic rings.